The Bertz CT molecular complexity index is 687. The number of anilines is 2. The summed E-state index contributed by atoms with van der Waals surface area (Å²) in [5, 5.41) is 5.92. The highest BCUT2D eigenvalue weighted by Gasteiger charge is 2.24. The summed E-state index contributed by atoms with van der Waals surface area (Å²) in [4.78, 5) is 10.9. The van der Waals surface area contributed by atoms with Crippen molar-refractivity contribution in [1.82, 2.24) is 0 Å². The summed E-state index contributed by atoms with van der Waals surface area (Å²) in [5.41, 5.74) is 8.40. The number of urea groups is 1. The number of carbonyl (C=O) groups is 1. The second-order valence-electron chi connectivity index (χ2n) is 5.11. The maximum absolute atomic E-state index is 13.7. The van der Waals surface area contributed by atoms with Crippen molar-refractivity contribution in [2.75, 3.05) is 10.6 Å². The Hall–Kier alpha value is -2.56. The maximum atomic E-state index is 13.7. The van der Waals surface area contributed by atoms with Crippen molar-refractivity contribution in [3.63, 3.8) is 0 Å². The molecule has 5 heteroatoms. The zero-order chi connectivity index (χ0) is 14.8. The van der Waals surface area contributed by atoms with E-state index in [1.54, 1.807) is 12.1 Å². The molecule has 0 heterocycles. The molecule has 3 rings (SSSR count). The monoisotopic (exact) mass is 285 g/mol. The molecule has 108 valence electrons. The summed E-state index contributed by atoms with van der Waals surface area (Å²) in [5.74, 6) is -0.138. The number of nitrogens with one attached hydrogen (secondary N) is 2. The van der Waals surface area contributed by atoms with Crippen LogP contribution in [0, 0.1) is 5.82 Å². The Morgan fingerprint density at radius 1 is 1.19 bits per heavy atom. The minimum absolute atomic E-state index is 0.0829. The Morgan fingerprint density at radius 2 is 1.95 bits per heavy atom. The van der Waals surface area contributed by atoms with Gasteiger partial charge >= 0.3 is 6.03 Å². The molecular formula is C16H16FN3O. The second-order valence-corrected chi connectivity index (χ2v) is 5.11. The number of fused-ring (bicyclic) bond motifs is 1. The number of halogens is 1. The first-order valence-electron chi connectivity index (χ1n) is 6.84. The van der Waals surface area contributed by atoms with Gasteiger partial charge in [0, 0.05) is 11.4 Å². The lowest BCUT2D eigenvalue weighted by molar-refractivity contribution is 0.259. The van der Waals surface area contributed by atoms with Crippen LogP contribution >= 0.6 is 0 Å². The van der Waals surface area contributed by atoms with E-state index in [1.165, 1.54) is 6.07 Å². The molecular weight excluding hydrogens is 269 g/mol. The lowest BCUT2D eigenvalue weighted by Crippen LogP contribution is -2.19. The van der Waals surface area contributed by atoms with Crippen molar-refractivity contribution in [2.24, 2.45) is 5.73 Å². The number of hydrogen-bond donors (Lipinski definition) is 3. The van der Waals surface area contributed by atoms with Crippen LogP contribution in [0.25, 0.3) is 0 Å². The summed E-state index contributed by atoms with van der Waals surface area (Å²) in [7, 11) is 0. The largest absolute Gasteiger partial charge is 0.378 e. The molecule has 0 radical (unpaired) electrons. The minimum Gasteiger partial charge on any atom is -0.378 e. The Kier molecular flexibility index (Phi) is 3.48. The first-order chi connectivity index (χ1) is 10.1. The molecule has 0 saturated heterocycles. The summed E-state index contributed by atoms with van der Waals surface area (Å²) in [6.45, 7) is 0. The predicted octanol–water partition coefficient (Wildman–Crippen LogP) is 3.42. The van der Waals surface area contributed by atoms with Crippen LogP contribution in [0.4, 0.5) is 20.6 Å². The van der Waals surface area contributed by atoms with Crippen LogP contribution in [-0.2, 0) is 6.42 Å². The molecule has 2 aromatic carbocycles. The number of primary amides is 1. The maximum Gasteiger partial charge on any atom is 0.316 e. The van der Waals surface area contributed by atoms with E-state index >= 15 is 0 Å². The molecule has 4 N–H and O–H groups in total. The van der Waals surface area contributed by atoms with Gasteiger partial charge in [0.25, 0.3) is 0 Å². The SMILES string of the molecule is NC(=O)Nc1cccc(NC2CCc3c(F)cccc32)c1. The number of benzene rings is 2. The van der Waals surface area contributed by atoms with Gasteiger partial charge in [-0.3, -0.25) is 0 Å². The van der Waals surface area contributed by atoms with Gasteiger partial charge in [0.2, 0.25) is 0 Å². The summed E-state index contributed by atoms with van der Waals surface area (Å²) >= 11 is 0. The van der Waals surface area contributed by atoms with Crippen molar-refractivity contribution in [1.29, 1.82) is 0 Å². The van der Waals surface area contributed by atoms with Crippen molar-refractivity contribution >= 4 is 17.4 Å². The van der Waals surface area contributed by atoms with Crippen molar-refractivity contribution < 1.29 is 9.18 Å². The normalized spacial score (nSPS) is 16.3. The number of rotatable bonds is 3. The van der Waals surface area contributed by atoms with E-state index in [9.17, 15) is 9.18 Å². The van der Waals surface area contributed by atoms with Gasteiger partial charge in [-0.25, -0.2) is 9.18 Å². The van der Waals surface area contributed by atoms with Crippen LogP contribution in [0.3, 0.4) is 0 Å². The molecule has 0 fully saturated rings. The van der Waals surface area contributed by atoms with E-state index in [2.05, 4.69) is 10.6 Å². The fourth-order valence-corrected chi connectivity index (χ4v) is 2.79. The number of hydrogen-bond acceptors (Lipinski definition) is 2. The second kappa shape index (κ2) is 5.44. The summed E-state index contributed by atoms with van der Waals surface area (Å²) in [6.07, 6.45) is 1.59. The van der Waals surface area contributed by atoms with Crippen molar-refractivity contribution in [2.45, 2.75) is 18.9 Å². The van der Waals surface area contributed by atoms with Crippen LogP contribution in [0.15, 0.2) is 42.5 Å². The van der Waals surface area contributed by atoms with Gasteiger partial charge in [0.1, 0.15) is 5.82 Å². The van der Waals surface area contributed by atoms with E-state index in [-0.39, 0.29) is 11.9 Å². The molecule has 0 bridgehead atoms. The van der Waals surface area contributed by atoms with Gasteiger partial charge in [0.15, 0.2) is 0 Å². The molecule has 1 aliphatic carbocycles. The molecule has 1 atom stereocenters. The average Bonchev–Trinajstić information content (AvgIpc) is 2.83. The fraction of sp³-hybridized carbons (Fsp3) is 0.188. The quantitative estimate of drug-likeness (QED) is 0.809. The zero-order valence-electron chi connectivity index (χ0n) is 11.4. The van der Waals surface area contributed by atoms with E-state index in [1.807, 2.05) is 24.3 Å². The lowest BCUT2D eigenvalue weighted by Gasteiger charge is -2.16. The average molecular weight is 285 g/mol. The van der Waals surface area contributed by atoms with Gasteiger partial charge < -0.3 is 16.4 Å². The van der Waals surface area contributed by atoms with Gasteiger partial charge in [-0.05, 0) is 48.2 Å². The number of nitrogens with two attached hydrogens (primary N) is 1. The molecule has 4 nitrogen and oxygen atoms in total. The first-order valence-corrected chi connectivity index (χ1v) is 6.84. The third-order valence-corrected chi connectivity index (χ3v) is 3.68. The molecule has 0 spiro atoms. The zero-order valence-corrected chi connectivity index (χ0v) is 11.4. The minimum atomic E-state index is -0.597. The van der Waals surface area contributed by atoms with Crippen LogP contribution in [-0.4, -0.2) is 6.03 Å². The van der Waals surface area contributed by atoms with Crippen LogP contribution in [0.1, 0.15) is 23.6 Å². The molecule has 1 aliphatic rings. The molecule has 1 unspecified atom stereocenters. The topological polar surface area (TPSA) is 67.2 Å². The van der Waals surface area contributed by atoms with Crippen molar-refractivity contribution in [3.05, 3.63) is 59.4 Å². The Balaban J connectivity index is 1.80. The Labute approximate surface area is 122 Å². The van der Waals surface area contributed by atoms with Crippen LogP contribution < -0.4 is 16.4 Å². The standard InChI is InChI=1S/C16H16FN3O/c17-14-6-2-5-13-12(14)7-8-15(13)19-10-3-1-4-11(9-10)20-16(18)21/h1-6,9,15,19H,7-8H2,(H3,18,20,21). The van der Waals surface area contributed by atoms with Crippen LogP contribution in [0.2, 0.25) is 0 Å². The van der Waals surface area contributed by atoms with E-state index in [0.29, 0.717) is 5.69 Å². The molecule has 2 aromatic rings. The van der Waals surface area contributed by atoms with Gasteiger partial charge in [-0.1, -0.05) is 18.2 Å². The van der Waals surface area contributed by atoms with Gasteiger partial charge in [-0.2, -0.15) is 0 Å². The molecule has 0 saturated carbocycles. The predicted molar refractivity (Wildman–Crippen MR) is 80.7 cm³/mol. The van der Waals surface area contributed by atoms with Gasteiger partial charge in [0.05, 0.1) is 6.04 Å². The smallest absolute Gasteiger partial charge is 0.316 e. The van der Waals surface area contributed by atoms with E-state index in [4.69, 9.17) is 5.73 Å². The highest BCUT2D eigenvalue weighted by Crippen LogP contribution is 2.35. The van der Waals surface area contributed by atoms with Gasteiger partial charge in [-0.15, -0.1) is 0 Å². The molecule has 0 aliphatic heterocycles. The molecule has 0 aromatic heterocycles. The number of amides is 2. The summed E-state index contributed by atoms with van der Waals surface area (Å²) in [6, 6.07) is 12.0. The van der Waals surface area contributed by atoms with E-state index < -0.39 is 6.03 Å². The molecule has 2 amide bonds. The van der Waals surface area contributed by atoms with E-state index in [0.717, 1.165) is 29.7 Å². The lowest BCUT2D eigenvalue weighted by atomic mass is 10.1. The Morgan fingerprint density at radius 3 is 2.76 bits per heavy atom. The van der Waals surface area contributed by atoms with Crippen molar-refractivity contribution in [3.8, 4) is 0 Å². The van der Waals surface area contributed by atoms with Crippen LogP contribution in [0.5, 0.6) is 0 Å². The highest BCUT2D eigenvalue weighted by atomic mass is 19.1. The first kappa shape index (κ1) is 13.4. The summed E-state index contributed by atoms with van der Waals surface area (Å²) < 4.78 is 13.7. The highest BCUT2D eigenvalue weighted by molar-refractivity contribution is 5.88. The number of carbonyl (C=O) groups excluding carboxylic acids is 1. The molecule has 21 heavy (non-hydrogen) atoms. The fourth-order valence-electron chi connectivity index (χ4n) is 2.79. The third kappa shape index (κ3) is 2.81. The third-order valence-electron chi connectivity index (χ3n) is 3.68.